The van der Waals surface area contributed by atoms with Crippen molar-refractivity contribution in [3.63, 3.8) is 0 Å². The first-order valence-corrected chi connectivity index (χ1v) is 5.43. The Labute approximate surface area is 82.9 Å². The molecule has 0 bridgehead atoms. The molecule has 0 fully saturated rings. The Kier molecular flexibility index (Phi) is 8.11. The molecule has 0 atom stereocenters. The highest BCUT2D eigenvalue weighted by Gasteiger charge is 2.04. The number of nitrogens with two attached hydrogens (primary N) is 1. The monoisotopic (exact) mass is 207 g/mol. The molecule has 0 radical (unpaired) electrons. The summed E-state index contributed by atoms with van der Waals surface area (Å²) in [5.74, 6) is 5.54. The molecule has 0 aromatic heterocycles. The van der Waals surface area contributed by atoms with Crippen LogP contribution in [0, 0.1) is 0 Å². The molecule has 0 aromatic rings. The number of carbonyl (C=O) groups excluding carboxylic acids is 1. The van der Waals surface area contributed by atoms with E-state index in [4.69, 9.17) is 5.84 Å². The third-order valence-corrected chi connectivity index (χ3v) is 2.14. The van der Waals surface area contributed by atoms with Crippen LogP contribution in [-0.2, 0) is 9.63 Å². The molecule has 0 saturated heterocycles. The number of carbonyl (C=O) groups is 1. The van der Waals surface area contributed by atoms with Crippen LogP contribution in [0.5, 0.6) is 0 Å². The van der Waals surface area contributed by atoms with Gasteiger partial charge in [0, 0.05) is 18.8 Å². The summed E-state index contributed by atoms with van der Waals surface area (Å²) in [7, 11) is 1.97. The second-order valence-corrected chi connectivity index (χ2v) is 3.62. The maximum Gasteiger partial charge on any atom is 0.327 e. The van der Waals surface area contributed by atoms with E-state index in [-0.39, 0.29) is 5.97 Å². The lowest BCUT2D eigenvalue weighted by atomic mass is 10.4. The number of hydrogen-bond donors (Lipinski definition) is 2. The number of thioether (sulfide) groups is 1. The first-order chi connectivity index (χ1) is 6.20. The lowest BCUT2D eigenvalue weighted by molar-refractivity contribution is -0.151. The minimum absolute atomic E-state index is 0.335. The van der Waals surface area contributed by atoms with E-state index in [1.54, 1.807) is 11.8 Å². The lowest BCUT2D eigenvalue weighted by Gasteiger charge is -2.14. The Hall–Kier alpha value is -0.300. The molecular weight excluding hydrogens is 190 g/mol. The topological polar surface area (TPSA) is 67.6 Å². The molecule has 6 heteroatoms. The molecule has 0 aliphatic heterocycles. The van der Waals surface area contributed by atoms with Crippen molar-refractivity contribution in [1.82, 2.24) is 10.5 Å². The molecule has 0 unspecified atom stereocenters. The van der Waals surface area contributed by atoms with E-state index in [1.165, 1.54) is 0 Å². The van der Waals surface area contributed by atoms with E-state index in [9.17, 15) is 4.79 Å². The van der Waals surface area contributed by atoms with Crippen molar-refractivity contribution in [2.24, 2.45) is 5.84 Å². The summed E-state index contributed by atoms with van der Waals surface area (Å²) in [6.07, 6.45) is 2.41. The summed E-state index contributed by atoms with van der Waals surface area (Å²) in [5.41, 5.74) is 1.86. The van der Waals surface area contributed by atoms with Crippen molar-refractivity contribution in [2.75, 3.05) is 32.1 Å². The third-order valence-electron chi connectivity index (χ3n) is 1.55. The van der Waals surface area contributed by atoms with Gasteiger partial charge in [-0.15, -0.1) is 0 Å². The van der Waals surface area contributed by atoms with Gasteiger partial charge in [-0.25, -0.2) is 5.84 Å². The number of nitrogens with zero attached hydrogens (tertiary/aromatic N) is 1. The van der Waals surface area contributed by atoms with Crippen molar-refractivity contribution in [3.8, 4) is 0 Å². The molecule has 0 amide bonds. The average molecular weight is 207 g/mol. The Morgan fingerprint density at radius 2 is 2.31 bits per heavy atom. The van der Waals surface area contributed by atoms with Crippen LogP contribution in [0.25, 0.3) is 0 Å². The number of hydrogen-bond acceptors (Lipinski definition) is 6. The molecule has 0 aromatic carbocycles. The van der Waals surface area contributed by atoms with Crippen molar-refractivity contribution in [2.45, 2.75) is 6.42 Å². The molecule has 0 heterocycles. The van der Waals surface area contributed by atoms with Gasteiger partial charge in [0.25, 0.3) is 0 Å². The van der Waals surface area contributed by atoms with E-state index in [0.717, 1.165) is 12.3 Å². The largest absolute Gasteiger partial charge is 0.356 e. The standard InChI is InChI=1S/C7H17N3O2S/c1-10(5-6-13-2)4-3-7(11)12-9-8/h9H,3-6,8H2,1-2H3. The maximum absolute atomic E-state index is 10.8. The van der Waals surface area contributed by atoms with Gasteiger partial charge >= 0.3 is 5.97 Å². The smallest absolute Gasteiger partial charge is 0.327 e. The van der Waals surface area contributed by atoms with Crippen LogP contribution in [0.15, 0.2) is 0 Å². The second-order valence-electron chi connectivity index (χ2n) is 2.64. The van der Waals surface area contributed by atoms with Crippen LogP contribution in [-0.4, -0.2) is 43.0 Å². The molecular formula is C7H17N3O2S. The van der Waals surface area contributed by atoms with Gasteiger partial charge in [-0.05, 0) is 13.3 Å². The quantitative estimate of drug-likeness (QED) is 0.437. The molecule has 13 heavy (non-hydrogen) atoms. The normalized spacial score (nSPS) is 10.5. The molecule has 3 N–H and O–H groups in total. The number of nitrogens with one attached hydrogen (secondary N) is 1. The zero-order valence-corrected chi connectivity index (χ0v) is 8.89. The van der Waals surface area contributed by atoms with Crippen LogP contribution in [0.1, 0.15) is 6.42 Å². The summed E-state index contributed by atoms with van der Waals surface area (Å²) in [6.45, 7) is 1.67. The van der Waals surface area contributed by atoms with Gasteiger partial charge in [0.05, 0.1) is 6.42 Å². The number of hydrazine groups is 1. The Morgan fingerprint density at radius 1 is 1.62 bits per heavy atom. The fraction of sp³-hybridized carbons (Fsp3) is 0.857. The zero-order valence-electron chi connectivity index (χ0n) is 8.08. The van der Waals surface area contributed by atoms with Crippen molar-refractivity contribution in [3.05, 3.63) is 0 Å². The van der Waals surface area contributed by atoms with Gasteiger partial charge < -0.3 is 9.74 Å². The fourth-order valence-electron chi connectivity index (χ4n) is 0.758. The minimum Gasteiger partial charge on any atom is -0.356 e. The zero-order chi connectivity index (χ0) is 10.1. The van der Waals surface area contributed by atoms with E-state index in [1.807, 2.05) is 12.6 Å². The summed E-state index contributed by atoms with van der Waals surface area (Å²) >= 11 is 1.78. The van der Waals surface area contributed by atoms with Gasteiger partial charge in [0.2, 0.25) is 0 Å². The summed E-state index contributed by atoms with van der Waals surface area (Å²) < 4.78 is 0. The first-order valence-electron chi connectivity index (χ1n) is 4.03. The maximum atomic E-state index is 10.8. The molecule has 0 saturated carbocycles. The summed E-state index contributed by atoms with van der Waals surface area (Å²) in [4.78, 5) is 17.3. The predicted octanol–water partition coefficient (Wildman–Crippen LogP) is -0.407. The van der Waals surface area contributed by atoms with Crippen molar-refractivity contribution < 1.29 is 9.63 Å². The van der Waals surface area contributed by atoms with Crippen LogP contribution >= 0.6 is 11.8 Å². The summed E-state index contributed by atoms with van der Waals surface area (Å²) in [6, 6.07) is 0. The Morgan fingerprint density at radius 3 is 2.85 bits per heavy atom. The van der Waals surface area contributed by atoms with E-state index in [2.05, 4.69) is 16.0 Å². The van der Waals surface area contributed by atoms with Crippen LogP contribution < -0.4 is 11.4 Å². The van der Waals surface area contributed by atoms with E-state index >= 15 is 0 Å². The lowest BCUT2D eigenvalue weighted by Crippen LogP contribution is -2.29. The highest BCUT2D eigenvalue weighted by atomic mass is 32.2. The van der Waals surface area contributed by atoms with Crippen LogP contribution in [0.2, 0.25) is 0 Å². The van der Waals surface area contributed by atoms with Crippen molar-refractivity contribution >= 4 is 17.7 Å². The van der Waals surface area contributed by atoms with Crippen LogP contribution in [0.3, 0.4) is 0 Å². The molecule has 0 rings (SSSR count). The first kappa shape index (κ1) is 12.7. The molecule has 0 aliphatic rings. The highest BCUT2D eigenvalue weighted by molar-refractivity contribution is 7.98. The van der Waals surface area contributed by atoms with Crippen LogP contribution in [0.4, 0.5) is 0 Å². The molecule has 5 nitrogen and oxygen atoms in total. The highest BCUT2D eigenvalue weighted by Crippen LogP contribution is 1.94. The summed E-state index contributed by atoms with van der Waals surface area (Å²) in [5, 5.41) is 0. The SMILES string of the molecule is CSCCN(C)CCC(=O)ONN. The predicted molar refractivity (Wildman–Crippen MR) is 53.9 cm³/mol. The minimum atomic E-state index is -0.335. The molecule has 78 valence electrons. The van der Waals surface area contributed by atoms with Gasteiger partial charge in [-0.3, -0.25) is 4.79 Å². The fourth-order valence-corrected chi connectivity index (χ4v) is 1.25. The van der Waals surface area contributed by atoms with E-state index in [0.29, 0.717) is 13.0 Å². The van der Waals surface area contributed by atoms with Crippen molar-refractivity contribution in [1.29, 1.82) is 0 Å². The third kappa shape index (κ3) is 8.04. The average Bonchev–Trinajstić information content (AvgIpc) is 2.12. The number of rotatable bonds is 7. The van der Waals surface area contributed by atoms with E-state index < -0.39 is 0 Å². The van der Waals surface area contributed by atoms with Gasteiger partial charge in [0.1, 0.15) is 0 Å². The second kappa shape index (κ2) is 8.31. The Balaban J connectivity index is 3.34. The molecule has 0 spiro atoms. The van der Waals surface area contributed by atoms with Gasteiger partial charge in [-0.2, -0.15) is 11.8 Å². The van der Waals surface area contributed by atoms with Gasteiger partial charge in [0.15, 0.2) is 0 Å². The molecule has 0 aliphatic carbocycles. The Bertz CT molecular complexity index is 146. The van der Waals surface area contributed by atoms with Gasteiger partial charge in [-0.1, -0.05) is 5.59 Å².